The number of benzene rings is 2. The molecule has 0 saturated heterocycles. The molecular formula is C28H34ClN5O2S. The van der Waals surface area contributed by atoms with Crippen molar-refractivity contribution in [2.45, 2.75) is 57.8 Å². The lowest BCUT2D eigenvalue weighted by atomic mass is 10.0. The number of anilines is 1. The van der Waals surface area contributed by atoms with Crippen molar-refractivity contribution in [2.24, 2.45) is 5.92 Å². The third-order valence-corrected chi connectivity index (χ3v) is 6.99. The van der Waals surface area contributed by atoms with E-state index in [1.165, 1.54) is 17.3 Å². The summed E-state index contributed by atoms with van der Waals surface area (Å²) in [5.41, 5.74) is 2.37. The van der Waals surface area contributed by atoms with Crippen molar-refractivity contribution in [3.8, 4) is 0 Å². The third kappa shape index (κ3) is 7.94. The highest BCUT2D eigenvalue weighted by atomic mass is 35.5. The molecule has 1 atom stereocenters. The first-order valence-electron chi connectivity index (χ1n) is 12.3. The fourth-order valence-corrected chi connectivity index (χ4v) is 4.80. The zero-order valence-electron chi connectivity index (χ0n) is 21.7. The van der Waals surface area contributed by atoms with Crippen LogP contribution in [-0.2, 0) is 11.3 Å². The monoisotopic (exact) mass is 539 g/mol. The second-order valence-corrected chi connectivity index (χ2v) is 10.8. The first-order valence-corrected chi connectivity index (χ1v) is 13.7. The largest absolute Gasteiger partial charge is 0.342 e. The van der Waals surface area contributed by atoms with Crippen molar-refractivity contribution in [3.63, 3.8) is 0 Å². The molecule has 0 bridgehead atoms. The van der Waals surface area contributed by atoms with Crippen molar-refractivity contribution < 1.29 is 9.59 Å². The Morgan fingerprint density at radius 3 is 2.41 bits per heavy atom. The van der Waals surface area contributed by atoms with E-state index in [-0.39, 0.29) is 29.5 Å². The van der Waals surface area contributed by atoms with Gasteiger partial charge >= 0.3 is 0 Å². The first-order chi connectivity index (χ1) is 17.7. The molecule has 37 heavy (non-hydrogen) atoms. The molecule has 3 rings (SSSR count). The number of hydrogen-bond donors (Lipinski definition) is 2. The van der Waals surface area contributed by atoms with Crippen LogP contribution in [0.5, 0.6) is 0 Å². The van der Waals surface area contributed by atoms with Crippen LogP contribution in [0.4, 0.5) is 5.69 Å². The highest BCUT2D eigenvalue weighted by Crippen LogP contribution is 2.26. The minimum absolute atomic E-state index is 0.136. The van der Waals surface area contributed by atoms with Gasteiger partial charge in [0, 0.05) is 12.2 Å². The predicted octanol–water partition coefficient (Wildman–Crippen LogP) is 6.49. The van der Waals surface area contributed by atoms with Crippen LogP contribution in [-0.4, -0.2) is 32.3 Å². The Hall–Kier alpha value is -3.10. The van der Waals surface area contributed by atoms with Crippen LogP contribution < -0.4 is 10.6 Å². The number of halogens is 1. The summed E-state index contributed by atoms with van der Waals surface area (Å²) in [6.07, 6.45) is 2.40. The maximum absolute atomic E-state index is 13.0. The summed E-state index contributed by atoms with van der Waals surface area (Å²) in [5.74, 6) is 1.08. The van der Waals surface area contributed by atoms with E-state index in [1.54, 1.807) is 30.3 Å². The summed E-state index contributed by atoms with van der Waals surface area (Å²) >= 11 is 7.53. The molecule has 3 aromatic rings. The molecule has 0 fully saturated rings. The Morgan fingerprint density at radius 1 is 1.08 bits per heavy atom. The number of nitrogens with zero attached hydrogens (tertiary/aromatic N) is 3. The summed E-state index contributed by atoms with van der Waals surface area (Å²) < 4.78 is 1.89. The summed E-state index contributed by atoms with van der Waals surface area (Å²) in [6.45, 7) is 12.7. The van der Waals surface area contributed by atoms with Crippen LogP contribution in [0.15, 0.2) is 66.3 Å². The number of nitrogens with one attached hydrogen (secondary N) is 2. The second-order valence-electron chi connectivity index (χ2n) is 9.49. The molecule has 1 heterocycles. The van der Waals surface area contributed by atoms with Crippen LogP contribution in [0.1, 0.15) is 67.8 Å². The Balaban J connectivity index is 1.74. The Labute approximate surface area is 228 Å². The first kappa shape index (κ1) is 28.5. The summed E-state index contributed by atoms with van der Waals surface area (Å²) in [7, 11) is 0. The molecule has 0 aliphatic heterocycles. The number of rotatable bonds is 12. The SMILES string of the molecule is C=CCn1c(SCC(=O)Nc2ccc(C(C)C)cc2)nnc1[C@H](CC(C)C)NC(=O)c1ccccc1Cl. The van der Waals surface area contributed by atoms with Gasteiger partial charge in [-0.3, -0.25) is 9.59 Å². The van der Waals surface area contributed by atoms with Crippen molar-refractivity contribution >= 4 is 40.9 Å². The van der Waals surface area contributed by atoms with E-state index >= 15 is 0 Å². The Kier molecular flexibility index (Phi) is 10.3. The molecule has 0 spiro atoms. The van der Waals surface area contributed by atoms with Crippen molar-refractivity contribution in [1.82, 2.24) is 20.1 Å². The van der Waals surface area contributed by atoms with E-state index < -0.39 is 0 Å². The van der Waals surface area contributed by atoms with E-state index in [4.69, 9.17) is 11.6 Å². The van der Waals surface area contributed by atoms with Gasteiger partial charge in [0.2, 0.25) is 5.91 Å². The lowest BCUT2D eigenvalue weighted by Gasteiger charge is -2.21. The van der Waals surface area contributed by atoms with Gasteiger partial charge < -0.3 is 15.2 Å². The zero-order valence-corrected chi connectivity index (χ0v) is 23.3. The van der Waals surface area contributed by atoms with Gasteiger partial charge in [-0.25, -0.2) is 0 Å². The minimum atomic E-state index is -0.390. The molecule has 1 aromatic heterocycles. The zero-order chi connectivity index (χ0) is 26.9. The van der Waals surface area contributed by atoms with Crippen molar-refractivity contribution in [1.29, 1.82) is 0 Å². The number of amides is 2. The fourth-order valence-electron chi connectivity index (χ4n) is 3.83. The highest BCUT2D eigenvalue weighted by Gasteiger charge is 2.25. The average Bonchev–Trinajstić information content (AvgIpc) is 3.25. The van der Waals surface area contributed by atoms with Gasteiger partial charge in [0.1, 0.15) is 0 Å². The number of thioether (sulfide) groups is 1. The highest BCUT2D eigenvalue weighted by molar-refractivity contribution is 7.99. The Morgan fingerprint density at radius 2 is 1.78 bits per heavy atom. The van der Waals surface area contributed by atoms with E-state index in [2.05, 4.69) is 55.1 Å². The molecule has 2 N–H and O–H groups in total. The maximum Gasteiger partial charge on any atom is 0.253 e. The smallest absolute Gasteiger partial charge is 0.253 e. The Bertz CT molecular complexity index is 1220. The maximum atomic E-state index is 13.0. The molecule has 0 aliphatic carbocycles. The molecule has 196 valence electrons. The fraction of sp³-hybridized carbons (Fsp3) is 0.357. The molecule has 2 amide bonds. The lowest BCUT2D eigenvalue weighted by Crippen LogP contribution is -2.32. The molecule has 0 unspecified atom stereocenters. The lowest BCUT2D eigenvalue weighted by molar-refractivity contribution is -0.113. The summed E-state index contributed by atoms with van der Waals surface area (Å²) in [4.78, 5) is 25.6. The van der Waals surface area contributed by atoms with Crippen LogP contribution >= 0.6 is 23.4 Å². The molecule has 0 aliphatic rings. The van der Waals surface area contributed by atoms with Gasteiger partial charge in [0.15, 0.2) is 11.0 Å². The van der Waals surface area contributed by atoms with Gasteiger partial charge in [0.25, 0.3) is 5.91 Å². The average molecular weight is 540 g/mol. The second kappa shape index (κ2) is 13.4. The van der Waals surface area contributed by atoms with E-state index in [9.17, 15) is 9.59 Å². The van der Waals surface area contributed by atoms with Crippen LogP contribution in [0.3, 0.4) is 0 Å². The van der Waals surface area contributed by atoms with Crippen molar-refractivity contribution in [2.75, 3.05) is 11.1 Å². The molecule has 7 nitrogen and oxygen atoms in total. The summed E-state index contributed by atoms with van der Waals surface area (Å²) in [5, 5.41) is 15.7. The predicted molar refractivity (Wildman–Crippen MR) is 151 cm³/mol. The minimum Gasteiger partial charge on any atom is -0.342 e. The number of carbonyl (C=O) groups is 2. The van der Waals surface area contributed by atoms with Gasteiger partial charge in [-0.1, -0.05) is 81.4 Å². The topological polar surface area (TPSA) is 88.9 Å². The molecule has 0 radical (unpaired) electrons. The molecule has 2 aromatic carbocycles. The number of aromatic nitrogens is 3. The quantitative estimate of drug-likeness (QED) is 0.203. The van der Waals surface area contributed by atoms with Gasteiger partial charge in [0.05, 0.1) is 22.4 Å². The van der Waals surface area contributed by atoms with E-state index in [0.29, 0.717) is 40.5 Å². The molecular weight excluding hydrogens is 506 g/mol. The van der Waals surface area contributed by atoms with Gasteiger partial charge in [-0.2, -0.15) is 0 Å². The normalized spacial score (nSPS) is 12.0. The van der Waals surface area contributed by atoms with Crippen molar-refractivity contribution in [3.05, 3.63) is 83.2 Å². The van der Waals surface area contributed by atoms with E-state index in [0.717, 1.165) is 5.69 Å². The van der Waals surface area contributed by atoms with E-state index in [1.807, 2.05) is 28.8 Å². The molecule has 0 saturated carbocycles. The number of hydrogen-bond acceptors (Lipinski definition) is 5. The van der Waals surface area contributed by atoms with Gasteiger partial charge in [-0.15, -0.1) is 16.8 Å². The molecule has 9 heteroatoms. The summed E-state index contributed by atoms with van der Waals surface area (Å²) in [6, 6.07) is 14.4. The van der Waals surface area contributed by atoms with Crippen LogP contribution in [0.25, 0.3) is 0 Å². The van der Waals surface area contributed by atoms with Crippen LogP contribution in [0, 0.1) is 5.92 Å². The number of allylic oxidation sites excluding steroid dienone is 1. The van der Waals surface area contributed by atoms with Crippen LogP contribution in [0.2, 0.25) is 5.02 Å². The van der Waals surface area contributed by atoms with Gasteiger partial charge in [-0.05, 0) is 48.1 Å². The standard InChI is InChI=1S/C28H34ClN5O2S/c1-6-15-34-26(24(16-18(2)3)31-27(36)22-9-7-8-10-23(22)29)32-33-28(34)37-17-25(35)30-21-13-11-20(12-14-21)19(4)5/h6-14,18-19,24H,1,15-17H2,2-5H3,(H,30,35)(H,31,36)/t24-/m0/s1. The third-order valence-electron chi connectivity index (χ3n) is 5.69. The number of carbonyl (C=O) groups excluding carboxylic acids is 2.